The van der Waals surface area contributed by atoms with E-state index in [1.165, 1.54) is 5.56 Å². The third kappa shape index (κ3) is 4.70. The van der Waals surface area contributed by atoms with E-state index >= 15 is 4.39 Å². The molecule has 0 spiro atoms. The van der Waals surface area contributed by atoms with Crippen molar-refractivity contribution in [1.82, 2.24) is 19.1 Å². The van der Waals surface area contributed by atoms with Gasteiger partial charge in [-0.3, -0.25) is 0 Å². The number of aromatic nitrogens is 3. The maximum absolute atomic E-state index is 15.2. The maximum atomic E-state index is 15.2. The van der Waals surface area contributed by atoms with Gasteiger partial charge in [-0.25, -0.2) is 8.70 Å². The molecule has 0 amide bonds. The summed E-state index contributed by atoms with van der Waals surface area (Å²) in [7, 11) is 0. The lowest BCUT2D eigenvalue weighted by atomic mass is 9.98. The zero-order valence-corrected chi connectivity index (χ0v) is 20.0. The standard InChI is InChI=1S/C26H30FN5S/c1-20-10-13-26(2,22-6-4-3-5-7-22)33-32(20)17-21-8-9-24(16-25(21)27)30-14-11-23(12-15-30)31-18-28-29-19-31/h3-10,13,16,18-20,23H,11-12,14-15,17H2,1-2H3/t20-,26-/m0/s1. The van der Waals surface area contributed by atoms with Crippen molar-refractivity contribution in [3.8, 4) is 0 Å². The van der Waals surface area contributed by atoms with Crippen molar-refractivity contribution in [2.24, 2.45) is 0 Å². The summed E-state index contributed by atoms with van der Waals surface area (Å²) in [6.45, 7) is 6.77. The number of anilines is 1. The van der Waals surface area contributed by atoms with E-state index in [0.717, 1.165) is 37.2 Å². The minimum atomic E-state index is -0.153. The van der Waals surface area contributed by atoms with Crippen LogP contribution in [0.3, 0.4) is 0 Å². The Morgan fingerprint density at radius 1 is 1.06 bits per heavy atom. The molecule has 5 rings (SSSR count). The van der Waals surface area contributed by atoms with Crippen molar-refractivity contribution < 1.29 is 4.39 Å². The lowest BCUT2D eigenvalue weighted by Crippen LogP contribution is -2.35. The predicted octanol–water partition coefficient (Wildman–Crippen LogP) is 5.58. The average Bonchev–Trinajstić information content (AvgIpc) is 3.39. The third-order valence-corrected chi connectivity index (χ3v) is 8.30. The van der Waals surface area contributed by atoms with Gasteiger partial charge in [-0.2, -0.15) is 0 Å². The van der Waals surface area contributed by atoms with E-state index in [-0.39, 0.29) is 16.6 Å². The van der Waals surface area contributed by atoms with Crippen molar-refractivity contribution >= 4 is 17.6 Å². The zero-order chi connectivity index (χ0) is 22.8. The van der Waals surface area contributed by atoms with Crippen LogP contribution in [0, 0.1) is 5.82 Å². The lowest BCUT2D eigenvalue weighted by Gasteiger charge is -2.39. The van der Waals surface area contributed by atoms with Crippen LogP contribution >= 0.6 is 11.9 Å². The van der Waals surface area contributed by atoms with Gasteiger partial charge in [0.25, 0.3) is 0 Å². The molecule has 0 N–H and O–H groups in total. The molecule has 3 heterocycles. The van der Waals surface area contributed by atoms with Crippen molar-refractivity contribution in [2.75, 3.05) is 18.0 Å². The molecule has 3 aromatic rings. The Morgan fingerprint density at radius 3 is 2.48 bits per heavy atom. The topological polar surface area (TPSA) is 37.2 Å². The summed E-state index contributed by atoms with van der Waals surface area (Å²) in [6.07, 6.45) is 10.1. The smallest absolute Gasteiger partial charge is 0.129 e. The van der Waals surface area contributed by atoms with Gasteiger partial charge in [0.05, 0.1) is 4.75 Å². The summed E-state index contributed by atoms with van der Waals surface area (Å²) in [4.78, 5) is 2.28. The Hall–Kier alpha value is -2.64. The highest BCUT2D eigenvalue weighted by Gasteiger charge is 2.33. The van der Waals surface area contributed by atoms with Crippen molar-refractivity contribution in [3.05, 3.63) is 90.3 Å². The first kappa shape index (κ1) is 22.2. The first-order valence-corrected chi connectivity index (χ1v) is 12.4. The number of piperidine rings is 1. The number of nitrogens with zero attached hydrogens (tertiary/aromatic N) is 5. The Labute approximate surface area is 199 Å². The van der Waals surface area contributed by atoms with Gasteiger partial charge in [-0.15, -0.1) is 10.2 Å². The normalized spacial score (nSPS) is 24.3. The van der Waals surface area contributed by atoms with Gasteiger partial charge in [-0.05, 0) is 44.4 Å². The maximum Gasteiger partial charge on any atom is 0.129 e. The Bertz CT molecular complexity index is 1100. The molecule has 7 heteroatoms. The van der Waals surface area contributed by atoms with Gasteiger partial charge in [0.1, 0.15) is 18.5 Å². The summed E-state index contributed by atoms with van der Waals surface area (Å²) in [5, 5.41) is 7.83. The fourth-order valence-electron chi connectivity index (χ4n) is 4.72. The van der Waals surface area contributed by atoms with Gasteiger partial charge in [0, 0.05) is 43.0 Å². The minimum absolute atomic E-state index is 0.128. The highest BCUT2D eigenvalue weighted by Crippen LogP contribution is 2.44. The molecule has 0 bridgehead atoms. The predicted molar refractivity (Wildman–Crippen MR) is 132 cm³/mol. The molecule has 1 fully saturated rings. The van der Waals surface area contributed by atoms with Crippen LogP contribution in [0.2, 0.25) is 0 Å². The third-order valence-electron chi connectivity index (χ3n) is 6.85. The SMILES string of the molecule is C[C@H]1C=C[C@@](C)(c2ccccc2)SN1Cc1ccc(N2CCC(n3cnnc3)CC2)cc1F. The number of halogens is 1. The molecule has 5 nitrogen and oxygen atoms in total. The van der Waals surface area contributed by atoms with Crippen LogP contribution in [0.5, 0.6) is 0 Å². The van der Waals surface area contributed by atoms with Crippen LogP contribution in [-0.4, -0.2) is 38.2 Å². The first-order valence-electron chi connectivity index (χ1n) is 11.6. The van der Waals surface area contributed by atoms with Crippen molar-refractivity contribution in [2.45, 2.75) is 50.1 Å². The van der Waals surface area contributed by atoms with Crippen LogP contribution in [0.1, 0.15) is 43.9 Å². The molecule has 1 saturated heterocycles. The fourth-order valence-corrected chi connectivity index (χ4v) is 6.03. The molecular formula is C26H30FN5S. The average molecular weight is 464 g/mol. The highest BCUT2D eigenvalue weighted by atomic mass is 32.2. The molecule has 2 aliphatic rings. The second-order valence-electron chi connectivity index (χ2n) is 9.14. The number of rotatable bonds is 5. The number of hydrogen-bond donors (Lipinski definition) is 0. The van der Waals surface area contributed by atoms with E-state index in [0.29, 0.717) is 12.6 Å². The molecule has 1 aromatic heterocycles. The van der Waals surface area contributed by atoms with E-state index in [2.05, 4.69) is 80.3 Å². The van der Waals surface area contributed by atoms with E-state index in [9.17, 15) is 0 Å². The van der Waals surface area contributed by atoms with E-state index in [1.807, 2.05) is 12.1 Å². The van der Waals surface area contributed by atoms with Crippen molar-refractivity contribution in [3.63, 3.8) is 0 Å². The van der Waals surface area contributed by atoms with Crippen LogP contribution in [0.25, 0.3) is 0 Å². The van der Waals surface area contributed by atoms with Gasteiger partial charge in [0.15, 0.2) is 0 Å². The Morgan fingerprint density at radius 2 is 1.79 bits per heavy atom. The van der Waals surface area contributed by atoms with E-state index in [4.69, 9.17) is 0 Å². The fraction of sp³-hybridized carbons (Fsp3) is 0.385. The van der Waals surface area contributed by atoms with E-state index in [1.54, 1.807) is 30.7 Å². The first-order chi connectivity index (χ1) is 16.0. The largest absolute Gasteiger partial charge is 0.371 e. The minimum Gasteiger partial charge on any atom is -0.371 e. The van der Waals surface area contributed by atoms with Gasteiger partial charge < -0.3 is 9.47 Å². The molecule has 2 aliphatic heterocycles. The van der Waals surface area contributed by atoms with Gasteiger partial charge >= 0.3 is 0 Å². The summed E-state index contributed by atoms with van der Waals surface area (Å²) in [5.41, 5.74) is 2.96. The molecule has 2 atom stereocenters. The molecule has 0 radical (unpaired) electrons. The Balaban J connectivity index is 1.26. The molecule has 33 heavy (non-hydrogen) atoms. The van der Waals surface area contributed by atoms with E-state index < -0.39 is 0 Å². The number of hydrogen-bond acceptors (Lipinski definition) is 5. The van der Waals surface area contributed by atoms with Crippen LogP contribution < -0.4 is 4.90 Å². The quantitative estimate of drug-likeness (QED) is 0.365. The van der Waals surface area contributed by atoms with Crippen molar-refractivity contribution in [1.29, 1.82) is 0 Å². The lowest BCUT2D eigenvalue weighted by molar-refractivity contribution is 0.393. The van der Waals surface area contributed by atoms with Crippen LogP contribution in [-0.2, 0) is 11.3 Å². The second-order valence-corrected chi connectivity index (χ2v) is 10.6. The summed E-state index contributed by atoms with van der Waals surface area (Å²) >= 11 is 1.79. The van der Waals surface area contributed by atoms with Crippen LogP contribution in [0.4, 0.5) is 10.1 Å². The second kappa shape index (κ2) is 9.31. The summed E-state index contributed by atoms with van der Waals surface area (Å²) in [6, 6.07) is 16.9. The molecule has 172 valence electrons. The molecule has 0 aliphatic carbocycles. The van der Waals surface area contributed by atoms with Gasteiger partial charge in [0.2, 0.25) is 0 Å². The molecular weight excluding hydrogens is 433 g/mol. The Kier molecular flexibility index (Phi) is 6.25. The molecule has 0 saturated carbocycles. The zero-order valence-electron chi connectivity index (χ0n) is 19.1. The monoisotopic (exact) mass is 463 g/mol. The van der Waals surface area contributed by atoms with Crippen LogP contribution in [0.15, 0.2) is 73.3 Å². The number of benzene rings is 2. The summed E-state index contributed by atoms with van der Waals surface area (Å²) < 4.78 is 19.4. The van der Waals surface area contributed by atoms with Gasteiger partial charge in [-0.1, -0.05) is 60.5 Å². The molecule has 2 aromatic carbocycles. The summed E-state index contributed by atoms with van der Waals surface area (Å²) in [5.74, 6) is -0.128. The molecule has 0 unspecified atom stereocenters. The highest BCUT2D eigenvalue weighted by molar-refractivity contribution is 7.98.